The highest BCUT2D eigenvalue weighted by Gasteiger charge is 2.38. The average Bonchev–Trinajstić information content (AvgIpc) is 2.81. The van der Waals surface area contributed by atoms with Crippen molar-refractivity contribution < 1.29 is 23.8 Å². The number of hydrogen-bond acceptors (Lipinski definition) is 5. The van der Waals surface area contributed by atoms with E-state index < -0.39 is 6.04 Å². The molecule has 0 unspecified atom stereocenters. The maximum atomic E-state index is 13.0. The monoisotopic (exact) mass is 368 g/mol. The van der Waals surface area contributed by atoms with Crippen LogP contribution in [0.5, 0.6) is 11.5 Å². The summed E-state index contributed by atoms with van der Waals surface area (Å²) in [5.74, 6) is 0.425. The van der Waals surface area contributed by atoms with E-state index in [2.05, 4.69) is 5.32 Å². The van der Waals surface area contributed by atoms with Gasteiger partial charge in [0.2, 0.25) is 5.91 Å². The van der Waals surface area contributed by atoms with Gasteiger partial charge in [-0.15, -0.1) is 0 Å². The van der Waals surface area contributed by atoms with E-state index in [-0.39, 0.29) is 18.4 Å². The summed E-state index contributed by atoms with van der Waals surface area (Å²) >= 11 is 0. The molecule has 2 aromatic rings. The van der Waals surface area contributed by atoms with E-state index in [0.29, 0.717) is 42.5 Å². The molecule has 140 valence electrons. The highest BCUT2D eigenvalue weighted by atomic mass is 16.5. The largest absolute Gasteiger partial charge is 0.493 e. The zero-order valence-corrected chi connectivity index (χ0v) is 14.9. The lowest BCUT2D eigenvalue weighted by molar-refractivity contribution is -0.125. The van der Waals surface area contributed by atoms with Crippen molar-refractivity contribution in [2.45, 2.75) is 12.6 Å². The minimum absolute atomic E-state index is 0.195. The van der Waals surface area contributed by atoms with Gasteiger partial charge in [-0.05, 0) is 11.6 Å². The lowest BCUT2D eigenvalue weighted by Gasteiger charge is -2.32. The molecule has 2 heterocycles. The first kappa shape index (κ1) is 17.4. The molecule has 1 N–H and O–H groups in total. The molecule has 1 saturated heterocycles. The van der Waals surface area contributed by atoms with Crippen molar-refractivity contribution >= 4 is 17.5 Å². The minimum atomic E-state index is -0.627. The fraction of sp³-hybridized carbons (Fsp3) is 0.300. The third kappa shape index (κ3) is 3.33. The second kappa shape index (κ2) is 7.28. The number of rotatable bonds is 4. The molecule has 0 bridgehead atoms. The van der Waals surface area contributed by atoms with Crippen LogP contribution >= 0.6 is 0 Å². The Hall–Kier alpha value is -3.06. The molecule has 0 spiro atoms. The van der Waals surface area contributed by atoms with Crippen LogP contribution in [-0.2, 0) is 16.1 Å². The molecule has 0 saturated carbocycles. The maximum Gasteiger partial charge on any atom is 0.256 e. The standard InChI is InChI=1S/C20H20N2O5/c1-25-17-9-14-15(10-18(17)27-11-13-5-3-2-4-6-13)21-19(23)16-12-26-8-7-22(16)20(14)24/h2-6,9-10,16H,7-8,11-12H2,1H3,(H,21,23)/t16-/m0/s1. The minimum Gasteiger partial charge on any atom is -0.493 e. The molecule has 4 rings (SSSR count). The molecule has 2 aromatic carbocycles. The van der Waals surface area contributed by atoms with E-state index in [0.717, 1.165) is 5.56 Å². The SMILES string of the molecule is COc1cc2c(cc1OCc1ccccc1)NC(=O)[C@@H]1COCCN1C2=O. The van der Waals surface area contributed by atoms with Gasteiger partial charge in [-0.25, -0.2) is 0 Å². The van der Waals surface area contributed by atoms with Crippen LogP contribution in [0.3, 0.4) is 0 Å². The Kier molecular flexibility index (Phi) is 4.68. The molecule has 0 aromatic heterocycles. The van der Waals surface area contributed by atoms with Crippen LogP contribution in [0.1, 0.15) is 15.9 Å². The number of carbonyl (C=O) groups is 2. The summed E-state index contributed by atoms with van der Waals surface area (Å²) in [4.78, 5) is 27.1. The molecule has 1 atom stereocenters. The second-order valence-electron chi connectivity index (χ2n) is 6.40. The highest BCUT2D eigenvalue weighted by Crippen LogP contribution is 2.36. The number of amides is 2. The van der Waals surface area contributed by atoms with Crippen molar-refractivity contribution in [1.82, 2.24) is 4.90 Å². The van der Waals surface area contributed by atoms with Crippen molar-refractivity contribution in [3.63, 3.8) is 0 Å². The van der Waals surface area contributed by atoms with Crippen LogP contribution < -0.4 is 14.8 Å². The van der Waals surface area contributed by atoms with Crippen molar-refractivity contribution in [1.29, 1.82) is 0 Å². The molecule has 0 aliphatic carbocycles. The number of fused-ring (bicyclic) bond motifs is 2. The Morgan fingerprint density at radius 2 is 2.00 bits per heavy atom. The maximum absolute atomic E-state index is 13.0. The molecule has 2 aliphatic rings. The van der Waals surface area contributed by atoms with Gasteiger partial charge >= 0.3 is 0 Å². The second-order valence-corrected chi connectivity index (χ2v) is 6.40. The fourth-order valence-corrected chi connectivity index (χ4v) is 3.28. The Morgan fingerprint density at radius 3 is 2.78 bits per heavy atom. The van der Waals surface area contributed by atoms with E-state index in [1.807, 2.05) is 30.3 Å². The molecule has 7 nitrogen and oxygen atoms in total. The molecular weight excluding hydrogens is 348 g/mol. The molecule has 0 radical (unpaired) electrons. The summed E-state index contributed by atoms with van der Waals surface area (Å²) in [7, 11) is 1.52. The highest BCUT2D eigenvalue weighted by molar-refractivity contribution is 6.10. The van der Waals surface area contributed by atoms with Crippen molar-refractivity contribution in [3.8, 4) is 11.5 Å². The van der Waals surface area contributed by atoms with Crippen LogP contribution in [0.15, 0.2) is 42.5 Å². The summed E-state index contributed by atoms with van der Waals surface area (Å²) in [5.41, 5.74) is 1.81. The van der Waals surface area contributed by atoms with E-state index in [1.54, 1.807) is 17.0 Å². The number of nitrogens with one attached hydrogen (secondary N) is 1. The van der Waals surface area contributed by atoms with E-state index in [1.165, 1.54) is 7.11 Å². The van der Waals surface area contributed by atoms with Gasteiger partial charge in [0.15, 0.2) is 11.5 Å². The first-order valence-electron chi connectivity index (χ1n) is 8.75. The average molecular weight is 368 g/mol. The zero-order valence-electron chi connectivity index (χ0n) is 14.9. The lowest BCUT2D eigenvalue weighted by atomic mass is 10.1. The van der Waals surface area contributed by atoms with E-state index >= 15 is 0 Å². The third-order valence-corrected chi connectivity index (χ3v) is 4.72. The molecular formula is C20H20N2O5. The number of nitrogens with zero attached hydrogens (tertiary/aromatic N) is 1. The van der Waals surface area contributed by atoms with Gasteiger partial charge in [0, 0.05) is 12.6 Å². The van der Waals surface area contributed by atoms with Crippen molar-refractivity contribution in [3.05, 3.63) is 53.6 Å². The first-order chi connectivity index (χ1) is 13.2. The summed E-state index contributed by atoms with van der Waals surface area (Å²) < 4.78 is 16.7. The number of methoxy groups -OCH3 is 1. The number of morpholine rings is 1. The third-order valence-electron chi connectivity index (χ3n) is 4.72. The molecule has 7 heteroatoms. The van der Waals surface area contributed by atoms with Gasteiger partial charge in [0.25, 0.3) is 5.91 Å². The lowest BCUT2D eigenvalue weighted by Crippen LogP contribution is -2.52. The zero-order chi connectivity index (χ0) is 18.8. The number of carbonyl (C=O) groups excluding carboxylic acids is 2. The topological polar surface area (TPSA) is 77.1 Å². The number of ether oxygens (including phenoxy) is 3. The molecule has 27 heavy (non-hydrogen) atoms. The van der Waals surface area contributed by atoms with Gasteiger partial charge in [0.05, 0.1) is 31.6 Å². The summed E-state index contributed by atoms with van der Waals surface area (Å²) in [6.45, 7) is 1.34. The Bertz CT molecular complexity index is 868. The fourth-order valence-electron chi connectivity index (χ4n) is 3.28. The first-order valence-corrected chi connectivity index (χ1v) is 8.75. The Morgan fingerprint density at radius 1 is 1.19 bits per heavy atom. The van der Waals surface area contributed by atoms with Gasteiger partial charge in [-0.2, -0.15) is 0 Å². The molecule has 2 amide bonds. The van der Waals surface area contributed by atoms with Crippen molar-refractivity contribution in [2.75, 3.05) is 32.2 Å². The van der Waals surface area contributed by atoms with Gasteiger partial charge in [-0.1, -0.05) is 30.3 Å². The van der Waals surface area contributed by atoms with Crippen LogP contribution in [0.2, 0.25) is 0 Å². The van der Waals surface area contributed by atoms with Crippen LogP contribution in [0.4, 0.5) is 5.69 Å². The van der Waals surface area contributed by atoms with Crippen LogP contribution in [0, 0.1) is 0 Å². The Balaban J connectivity index is 1.66. The predicted octanol–water partition coefficient (Wildman–Crippen LogP) is 2.07. The molecule has 2 aliphatic heterocycles. The predicted molar refractivity (Wildman–Crippen MR) is 98.0 cm³/mol. The number of hydrogen-bond donors (Lipinski definition) is 1. The van der Waals surface area contributed by atoms with E-state index in [4.69, 9.17) is 14.2 Å². The number of anilines is 1. The smallest absolute Gasteiger partial charge is 0.256 e. The normalized spacial score (nSPS) is 18.9. The summed E-state index contributed by atoms with van der Waals surface area (Å²) in [5, 5.41) is 2.82. The van der Waals surface area contributed by atoms with Gasteiger partial charge < -0.3 is 24.4 Å². The quantitative estimate of drug-likeness (QED) is 0.894. The van der Waals surface area contributed by atoms with Gasteiger partial charge in [-0.3, -0.25) is 9.59 Å². The summed E-state index contributed by atoms with van der Waals surface area (Å²) in [6.07, 6.45) is 0. The van der Waals surface area contributed by atoms with Crippen molar-refractivity contribution in [2.24, 2.45) is 0 Å². The van der Waals surface area contributed by atoms with Crippen LogP contribution in [-0.4, -0.2) is 49.6 Å². The summed E-state index contributed by atoms with van der Waals surface area (Å²) in [6, 6.07) is 12.4. The molecule has 1 fully saturated rings. The Labute approximate surface area is 156 Å². The van der Waals surface area contributed by atoms with Gasteiger partial charge in [0.1, 0.15) is 12.6 Å². The number of benzene rings is 2. The van der Waals surface area contributed by atoms with Crippen LogP contribution in [0.25, 0.3) is 0 Å². The van der Waals surface area contributed by atoms with E-state index in [9.17, 15) is 9.59 Å².